The summed E-state index contributed by atoms with van der Waals surface area (Å²) in [5, 5.41) is 9.18. The number of hydrogen-bond donors (Lipinski definition) is 2. The molecule has 1 saturated heterocycles. The molecule has 1 aliphatic rings. The van der Waals surface area contributed by atoms with Crippen LogP contribution < -0.4 is 5.73 Å². The van der Waals surface area contributed by atoms with Gasteiger partial charge in [-0.3, -0.25) is 9.69 Å². The van der Waals surface area contributed by atoms with E-state index in [9.17, 15) is 19.1 Å². The van der Waals surface area contributed by atoms with Gasteiger partial charge in [0.05, 0.1) is 0 Å². The zero-order valence-electron chi connectivity index (χ0n) is 12.6. The highest BCUT2D eigenvalue weighted by molar-refractivity contribution is 5.81. The van der Waals surface area contributed by atoms with Crippen molar-refractivity contribution in [3.63, 3.8) is 0 Å². The maximum Gasteiger partial charge on any atom is 0.407 e. The van der Waals surface area contributed by atoms with Crippen molar-refractivity contribution in [2.45, 2.75) is 32.0 Å². The van der Waals surface area contributed by atoms with Crippen LogP contribution in [0, 0.1) is 5.82 Å². The molecule has 1 fully saturated rings. The number of piperazine rings is 1. The summed E-state index contributed by atoms with van der Waals surface area (Å²) in [5.74, 6) is -0.918. The van der Waals surface area contributed by atoms with E-state index in [2.05, 4.69) is 0 Å². The first-order valence-corrected chi connectivity index (χ1v) is 7.11. The van der Waals surface area contributed by atoms with Crippen LogP contribution in [-0.4, -0.2) is 52.1 Å². The summed E-state index contributed by atoms with van der Waals surface area (Å²) < 4.78 is 13.1. The van der Waals surface area contributed by atoms with E-state index < -0.39 is 18.0 Å². The average molecular weight is 309 g/mol. The van der Waals surface area contributed by atoms with E-state index in [1.165, 1.54) is 29.2 Å². The Morgan fingerprint density at radius 3 is 2.32 bits per heavy atom. The van der Waals surface area contributed by atoms with Gasteiger partial charge in [-0.15, -0.1) is 0 Å². The summed E-state index contributed by atoms with van der Waals surface area (Å²) in [6.45, 7) is 4.32. The fraction of sp³-hybridized carbons (Fsp3) is 0.467. The van der Waals surface area contributed by atoms with E-state index in [-0.39, 0.29) is 17.9 Å². The number of amides is 2. The van der Waals surface area contributed by atoms with E-state index in [0.717, 1.165) is 0 Å². The summed E-state index contributed by atoms with van der Waals surface area (Å²) in [6.07, 6.45) is -0.976. The molecule has 0 aliphatic carbocycles. The average Bonchev–Trinajstić information content (AvgIpc) is 2.44. The number of nitrogens with two attached hydrogens (primary N) is 1. The smallest absolute Gasteiger partial charge is 0.407 e. The molecular weight excluding hydrogens is 289 g/mol. The molecule has 22 heavy (non-hydrogen) atoms. The van der Waals surface area contributed by atoms with Crippen LogP contribution in [0.2, 0.25) is 0 Å². The summed E-state index contributed by atoms with van der Waals surface area (Å²) in [6, 6.07) is 4.51. The molecule has 0 radical (unpaired) electrons. The largest absolute Gasteiger partial charge is 0.465 e. The fourth-order valence-electron chi connectivity index (χ4n) is 2.94. The molecule has 0 spiro atoms. The minimum absolute atomic E-state index is 0.171. The van der Waals surface area contributed by atoms with E-state index in [4.69, 9.17) is 5.73 Å². The molecule has 2 amide bonds. The lowest BCUT2D eigenvalue weighted by Gasteiger charge is -2.45. The maximum absolute atomic E-state index is 13.1. The Bertz CT molecular complexity index is 564. The quantitative estimate of drug-likeness (QED) is 0.884. The monoisotopic (exact) mass is 309 g/mol. The number of primary amides is 1. The number of benzene rings is 1. The maximum atomic E-state index is 13.1. The van der Waals surface area contributed by atoms with Gasteiger partial charge in [0, 0.05) is 25.2 Å². The van der Waals surface area contributed by atoms with Gasteiger partial charge in [0.15, 0.2) is 0 Å². The van der Waals surface area contributed by atoms with Gasteiger partial charge >= 0.3 is 6.09 Å². The van der Waals surface area contributed by atoms with Crippen molar-refractivity contribution in [2.24, 2.45) is 5.73 Å². The zero-order valence-corrected chi connectivity index (χ0v) is 12.6. The number of nitrogens with zero attached hydrogens (tertiary/aromatic N) is 2. The number of carbonyl (C=O) groups excluding carboxylic acids is 1. The van der Waals surface area contributed by atoms with E-state index in [0.29, 0.717) is 18.7 Å². The number of carboxylic acid groups (broad SMARTS) is 1. The minimum Gasteiger partial charge on any atom is -0.465 e. The van der Waals surface area contributed by atoms with Crippen molar-refractivity contribution in [1.82, 2.24) is 9.80 Å². The third-order valence-electron chi connectivity index (χ3n) is 4.07. The van der Waals surface area contributed by atoms with Crippen LogP contribution in [-0.2, 0) is 4.79 Å². The third-order valence-corrected chi connectivity index (χ3v) is 4.07. The summed E-state index contributed by atoms with van der Waals surface area (Å²) in [7, 11) is 0. The first-order chi connectivity index (χ1) is 10.3. The van der Waals surface area contributed by atoms with Crippen LogP contribution in [0.5, 0.6) is 0 Å². The fourth-order valence-corrected chi connectivity index (χ4v) is 2.94. The Kier molecular flexibility index (Phi) is 4.65. The van der Waals surface area contributed by atoms with E-state index in [1.807, 2.05) is 11.8 Å². The van der Waals surface area contributed by atoms with Gasteiger partial charge in [-0.05, 0) is 31.5 Å². The topological polar surface area (TPSA) is 86.9 Å². The van der Waals surface area contributed by atoms with Gasteiger partial charge < -0.3 is 15.7 Å². The molecule has 0 bridgehead atoms. The lowest BCUT2D eigenvalue weighted by atomic mass is 9.99. The van der Waals surface area contributed by atoms with Gasteiger partial charge in [0.2, 0.25) is 5.91 Å². The Morgan fingerprint density at radius 1 is 1.23 bits per heavy atom. The summed E-state index contributed by atoms with van der Waals surface area (Å²) in [5.41, 5.74) is 6.14. The van der Waals surface area contributed by atoms with Crippen molar-refractivity contribution in [3.05, 3.63) is 35.6 Å². The van der Waals surface area contributed by atoms with Crippen molar-refractivity contribution in [3.8, 4) is 0 Å². The zero-order chi connectivity index (χ0) is 16.4. The number of rotatable bonds is 3. The molecule has 3 N–H and O–H groups in total. The molecule has 2 unspecified atom stereocenters. The molecule has 1 aromatic carbocycles. The Morgan fingerprint density at radius 2 is 1.82 bits per heavy atom. The van der Waals surface area contributed by atoms with Crippen LogP contribution in [0.3, 0.4) is 0 Å². The Balaban J connectivity index is 2.28. The van der Waals surface area contributed by atoms with Crippen molar-refractivity contribution in [1.29, 1.82) is 0 Å². The molecule has 6 nitrogen and oxygen atoms in total. The highest BCUT2D eigenvalue weighted by Crippen LogP contribution is 2.27. The number of hydrogen-bond acceptors (Lipinski definition) is 3. The van der Waals surface area contributed by atoms with Crippen LogP contribution in [0.4, 0.5) is 9.18 Å². The first-order valence-electron chi connectivity index (χ1n) is 7.11. The van der Waals surface area contributed by atoms with Gasteiger partial charge in [-0.2, -0.15) is 0 Å². The number of halogens is 1. The van der Waals surface area contributed by atoms with Crippen LogP contribution in [0.15, 0.2) is 24.3 Å². The predicted molar refractivity (Wildman–Crippen MR) is 78.7 cm³/mol. The second-order valence-corrected chi connectivity index (χ2v) is 5.69. The van der Waals surface area contributed by atoms with Crippen LogP contribution >= 0.6 is 0 Å². The molecule has 0 saturated carbocycles. The Labute approximate surface area is 128 Å². The normalized spacial score (nSPS) is 24.0. The highest BCUT2D eigenvalue weighted by Gasteiger charge is 2.38. The minimum atomic E-state index is -0.976. The molecular formula is C15H20FN3O3. The lowest BCUT2D eigenvalue weighted by Crippen LogP contribution is -2.59. The molecule has 0 aromatic heterocycles. The van der Waals surface area contributed by atoms with Gasteiger partial charge in [-0.25, -0.2) is 9.18 Å². The van der Waals surface area contributed by atoms with Gasteiger partial charge in [0.1, 0.15) is 11.9 Å². The van der Waals surface area contributed by atoms with Crippen molar-refractivity contribution >= 4 is 12.0 Å². The lowest BCUT2D eigenvalue weighted by molar-refractivity contribution is -0.125. The second-order valence-electron chi connectivity index (χ2n) is 5.69. The molecule has 1 aliphatic heterocycles. The standard InChI is InChI=1S/C15H20FN3O3/c1-9-8-19(15(21)22)10(2)7-18(9)13(14(17)20)11-3-5-12(16)6-4-11/h3-6,9-10,13H,7-8H2,1-2H3,(H2,17,20)(H,21,22)/t9?,10-,13?/m0/s1. The molecule has 1 heterocycles. The predicted octanol–water partition coefficient (Wildman–Crippen LogP) is 1.42. The summed E-state index contributed by atoms with van der Waals surface area (Å²) >= 11 is 0. The molecule has 3 atom stereocenters. The highest BCUT2D eigenvalue weighted by atomic mass is 19.1. The molecule has 2 rings (SSSR count). The van der Waals surface area contributed by atoms with Crippen LogP contribution in [0.25, 0.3) is 0 Å². The van der Waals surface area contributed by atoms with E-state index in [1.54, 1.807) is 6.92 Å². The van der Waals surface area contributed by atoms with Crippen LogP contribution in [0.1, 0.15) is 25.5 Å². The van der Waals surface area contributed by atoms with Gasteiger partial charge in [-0.1, -0.05) is 12.1 Å². The third kappa shape index (κ3) is 3.19. The second kappa shape index (κ2) is 6.31. The van der Waals surface area contributed by atoms with Gasteiger partial charge in [0.25, 0.3) is 0 Å². The Hall–Kier alpha value is -2.15. The van der Waals surface area contributed by atoms with E-state index >= 15 is 0 Å². The SMILES string of the molecule is CC1CN(C(=O)O)[C@@H](C)CN1C(C(N)=O)c1ccc(F)cc1. The molecule has 1 aromatic rings. The summed E-state index contributed by atoms with van der Waals surface area (Å²) in [4.78, 5) is 26.3. The molecule has 7 heteroatoms. The van der Waals surface area contributed by atoms with Crippen molar-refractivity contribution in [2.75, 3.05) is 13.1 Å². The number of carbonyl (C=O) groups is 2. The van der Waals surface area contributed by atoms with Crippen molar-refractivity contribution < 1.29 is 19.1 Å². The first kappa shape index (κ1) is 16.2. The molecule has 120 valence electrons.